The van der Waals surface area contributed by atoms with Crippen LogP contribution in [-0.2, 0) is 9.53 Å². The van der Waals surface area contributed by atoms with Crippen molar-refractivity contribution < 1.29 is 14.3 Å². The monoisotopic (exact) mass is 313 g/mol. The number of aromatic amines is 1. The molecule has 1 atom stereocenters. The summed E-state index contributed by atoms with van der Waals surface area (Å²) in [4.78, 5) is 39.0. The number of amides is 2. The smallest absolute Gasteiger partial charge is 0.337 e. The molecule has 7 heteroatoms. The summed E-state index contributed by atoms with van der Waals surface area (Å²) >= 11 is 0. The highest BCUT2D eigenvalue weighted by molar-refractivity contribution is 5.95. The number of carbonyl (C=O) groups excluding carboxylic acids is 2. The molecule has 0 bridgehead atoms. The molecule has 2 amide bonds. The first-order valence-corrected chi connectivity index (χ1v) is 7.00. The predicted octanol–water partition coefficient (Wildman–Crippen LogP) is 1.33. The lowest BCUT2D eigenvalue weighted by Gasteiger charge is -2.27. The van der Waals surface area contributed by atoms with E-state index in [1.54, 1.807) is 19.1 Å². The zero-order chi connectivity index (χ0) is 16.6. The van der Waals surface area contributed by atoms with Gasteiger partial charge >= 0.3 is 12.0 Å². The molecule has 0 aliphatic carbocycles. The summed E-state index contributed by atoms with van der Waals surface area (Å²) in [7, 11) is 1.25. The summed E-state index contributed by atoms with van der Waals surface area (Å²) in [6.07, 6.45) is 0. The van der Waals surface area contributed by atoms with Crippen molar-refractivity contribution in [1.29, 1.82) is 0 Å². The van der Waals surface area contributed by atoms with Crippen LogP contribution in [0.4, 0.5) is 4.79 Å². The van der Waals surface area contributed by atoms with E-state index in [0.717, 1.165) is 5.39 Å². The van der Waals surface area contributed by atoms with Gasteiger partial charge in [0.2, 0.25) is 0 Å². The van der Waals surface area contributed by atoms with Crippen molar-refractivity contribution in [2.24, 2.45) is 0 Å². The van der Waals surface area contributed by atoms with E-state index in [0.29, 0.717) is 11.2 Å². The van der Waals surface area contributed by atoms with Crippen molar-refractivity contribution in [3.8, 4) is 0 Å². The number of allylic oxidation sites excluding steroid dienone is 1. The number of carbonyl (C=O) groups is 2. The number of ether oxygens (including phenoxy) is 1. The Labute approximate surface area is 131 Å². The van der Waals surface area contributed by atoms with Crippen molar-refractivity contribution >= 4 is 22.9 Å². The standard InChI is InChI=1S/C16H15N3O4/c1-8-12(15(21)23-2)13(19-16(22)17-8)10-7-9-5-3-4-6-11(9)18-14(10)20/h3-7,13H,1-2H3,(H,18,20)(H2,17,19,22). The average Bonchev–Trinajstić information content (AvgIpc) is 2.52. The number of hydrogen-bond donors (Lipinski definition) is 3. The highest BCUT2D eigenvalue weighted by Gasteiger charge is 2.33. The van der Waals surface area contributed by atoms with E-state index in [4.69, 9.17) is 4.74 Å². The van der Waals surface area contributed by atoms with Crippen LogP contribution >= 0.6 is 0 Å². The van der Waals surface area contributed by atoms with Gasteiger partial charge in [0, 0.05) is 16.8 Å². The van der Waals surface area contributed by atoms with E-state index in [9.17, 15) is 14.4 Å². The Kier molecular flexibility index (Phi) is 3.61. The molecule has 3 rings (SSSR count). The van der Waals surface area contributed by atoms with Crippen LogP contribution in [0.3, 0.4) is 0 Å². The molecule has 1 aromatic carbocycles. The molecule has 1 aromatic heterocycles. The van der Waals surface area contributed by atoms with E-state index < -0.39 is 18.0 Å². The van der Waals surface area contributed by atoms with Gasteiger partial charge in [0.1, 0.15) is 0 Å². The number of esters is 1. The second-order valence-electron chi connectivity index (χ2n) is 5.20. The van der Waals surface area contributed by atoms with E-state index in [-0.39, 0.29) is 16.7 Å². The minimum atomic E-state index is -0.871. The van der Waals surface area contributed by atoms with Crippen LogP contribution in [0.1, 0.15) is 18.5 Å². The molecule has 0 spiro atoms. The maximum atomic E-state index is 12.4. The Balaban J connectivity index is 2.20. The van der Waals surface area contributed by atoms with E-state index in [1.807, 2.05) is 18.2 Å². The summed E-state index contributed by atoms with van der Waals surface area (Å²) < 4.78 is 4.77. The Bertz CT molecular complexity index is 898. The number of aromatic nitrogens is 1. The van der Waals surface area contributed by atoms with Gasteiger partial charge in [-0.1, -0.05) is 18.2 Å². The Hall–Kier alpha value is -3.09. The predicted molar refractivity (Wildman–Crippen MR) is 83.7 cm³/mol. The lowest BCUT2D eigenvalue weighted by molar-refractivity contribution is -0.136. The molecule has 1 aliphatic heterocycles. The Morgan fingerprint density at radius 2 is 1.96 bits per heavy atom. The van der Waals surface area contributed by atoms with Crippen molar-refractivity contribution in [1.82, 2.24) is 15.6 Å². The molecular weight excluding hydrogens is 298 g/mol. The average molecular weight is 313 g/mol. The van der Waals surface area contributed by atoms with Crippen LogP contribution in [0, 0.1) is 0 Å². The fourth-order valence-electron chi connectivity index (χ4n) is 2.69. The first-order chi connectivity index (χ1) is 11.0. The fourth-order valence-corrected chi connectivity index (χ4v) is 2.69. The molecule has 0 saturated heterocycles. The summed E-state index contributed by atoms with van der Waals surface area (Å²) in [6.45, 7) is 1.59. The van der Waals surface area contributed by atoms with E-state index >= 15 is 0 Å². The maximum Gasteiger partial charge on any atom is 0.337 e. The Morgan fingerprint density at radius 3 is 2.70 bits per heavy atom. The van der Waals surface area contributed by atoms with Crippen LogP contribution in [0.5, 0.6) is 0 Å². The molecule has 0 radical (unpaired) electrons. The van der Waals surface area contributed by atoms with Crippen LogP contribution in [0.15, 0.2) is 46.4 Å². The van der Waals surface area contributed by atoms with E-state index in [2.05, 4.69) is 15.6 Å². The molecule has 0 fully saturated rings. The molecule has 1 unspecified atom stereocenters. The zero-order valence-corrected chi connectivity index (χ0v) is 12.6. The SMILES string of the molecule is COC(=O)C1=C(C)NC(=O)NC1c1cc2ccccc2[nH]c1=O. The molecular formula is C16H15N3O4. The molecule has 118 valence electrons. The third kappa shape index (κ3) is 2.57. The zero-order valence-electron chi connectivity index (χ0n) is 12.6. The third-order valence-corrected chi connectivity index (χ3v) is 3.77. The molecule has 7 nitrogen and oxygen atoms in total. The molecule has 2 aromatic rings. The minimum Gasteiger partial charge on any atom is -0.466 e. The van der Waals surface area contributed by atoms with Crippen molar-refractivity contribution in [3.05, 3.63) is 57.5 Å². The number of hydrogen-bond acceptors (Lipinski definition) is 4. The number of fused-ring (bicyclic) bond motifs is 1. The molecule has 2 heterocycles. The summed E-state index contributed by atoms with van der Waals surface area (Å²) in [5.74, 6) is -0.604. The van der Waals surface area contributed by atoms with Crippen molar-refractivity contribution in [2.75, 3.05) is 7.11 Å². The number of methoxy groups -OCH3 is 1. The van der Waals surface area contributed by atoms with Gasteiger partial charge in [-0.15, -0.1) is 0 Å². The fraction of sp³-hybridized carbons (Fsp3) is 0.188. The second kappa shape index (κ2) is 5.60. The number of rotatable bonds is 2. The van der Waals surface area contributed by atoms with Crippen LogP contribution < -0.4 is 16.2 Å². The van der Waals surface area contributed by atoms with Crippen molar-refractivity contribution in [2.45, 2.75) is 13.0 Å². The normalized spacial score (nSPS) is 17.7. The van der Waals surface area contributed by atoms with Gasteiger partial charge < -0.3 is 20.4 Å². The maximum absolute atomic E-state index is 12.4. The highest BCUT2D eigenvalue weighted by Crippen LogP contribution is 2.26. The summed E-state index contributed by atoms with van der Waals surface area (Å²) in [5.41, 5.74) is 1.15. The van der Waals surface area contributed by atoms with Crippen LogP contribution in [0.25, 0.3) is 10.9 Å². The minimum absolute atomic E-state index is 0.202. The largest absolute Gasteiger partial charge is 0.466 e. The summed E-state index contributed by atoms with van der Waals surface area (Å²) in [6, 6.07) is 7.59. The molecule has 3 N–H and O–H groups in total. The number of benzene rings is 1. The Morgan fingerprint density at radius 1 is 1.22 bits per heavy atom. The van der Waals surface area contributed by atoms with Gasteiger partial charge in [0.05, 0.1) is 18.7 Å². The highest BCUT2D eigenvalue weighted by atomic mass is 16.5. The van der Waals surface area contributed by atoms with Gasteiger partial charge in [-0.05, 0) is 24.4 Å². The lowest BCUT2D eigenvalue weighted by atomic mass is 9.95. The van der Waals surface area contributed by atoms with Gasteiger partial charge in [0.15, 0.2) is 0 Å². The molecule has 0 saturated carbocycles. The van der Waals surface area contributed by atoms with Crippen LogP contribution in [0.2, 0.25) is 0 Å². The molecule has 23 heavy (non-hydrogen) atoms. The topological polar surface area (TPSA) is 100 Å². The van der Waals surface area contributed by atoms with Gasteiger partial charge in [-0.2, -0.15) is 0 Å². The lowest BCUT2D eigenvalue weighted by Crippen LogP contribution is -2.46. The van der Waals surface area contributed by atoms with Gasteiger partial charge in [-0.3, -0.25) is 4.79 Å². The number of H-pyrrole nitrogens is 1. The summed E-state index contributed by atoms with van der Waals surface area (Å²) in [5, 5.41) is 5.93. The first kappa shape index (κ1) is 14.8. The second-order valence-corrected chi connectivity index (χ2v) is 5.20. The van der Waals surface area contributed by atoms with Gasteiger partial charge in [0.25, 0.3) is 5.56 Å². The van der Waals surface area contributed by atoms with Crippen molar-refractivity contribution in [3.63, 3.8) is 0 Å². The van der Waals surface area contributed by atoms with Crippen LogP contribution in [-0.4, -0.2) is 24.1 Å². The van der Waals surface area contributed by atoms with E-state index in [1.165, 1.54) is 7.11 Å². The molecule has 1 aliphatic rings. The quantitative estimate of drug-likeness (QED) is 0.728. The number of urea groups is 1. The number of nitrogens with one attached hydrogen (secondary N) is 3. The third-order valence-electron chi connectivity index (χ3n) is 3.77. The first-order valence-electron chi connectivity index (χ1n) is 7.00. The number of para-hydroxylation sites is 1. The number of pyridine rings is 1. The van der Waals surface area contributed by atoms with Gasteiger partial charge in [-0.25, -0.2) is 9.59 Å².